The van der Waals surface area contributed by atoms with Crippen LogP contribution in [0.1, 0.15) is 43.7 Å². The summed E-state index contributed by atoms with van der Waals surface area (Å²) in [4.78, 5) is 0. The molecule has 0 saturated heterocycles. The van der Waals surface area contributed by atoms with Crippen LogP contribution in [0.15, 0.2) is 18.2 Å². The van der Waals surface area contributed by atoms with Crippen molar-refractivity contribution in [3.63, 3.8) is 0 Å². The first-order chi connectivity index (χ1) is 9.36. The first-order valence-electron chi connectivity index (χ1n) is 6.92. The zero-order valence-corrected chi connectivity index (χ0v) is 10.9. The SMILES string of the molecule is N#CC(NC1CCCCC1)c1ccc2c(c1)OCO2. The minimum absolute atomic E-state index is 0.266. The normalized spacial score (nSPS) is 19.9. The summed E-state index contributed by atoms with van der Waals surface area (Å²) in [6, 6.07) is 8.28. The van der Waals surface area contributed by atoms with Gasteiger partial charge in [-0.15, -0.1) is 0 Å². The molecule has 1 atom stereocenters. The Kier molecular flexibility index (Phi) is 3.56. The monoisotopic (exact) mass is 258 g/mol. The van der Waals surface area contributed by atoms with Crippen molar-refractivity contribution in [3.8, 4) is 17.6 Å². The summed E-state index contributed by atoms with van der Waals surface area (Å²) in [5, 5.41) is 12.8. The van der Waals surface area contributed by atoms with Crippen molar-refractivity contribution in [2.24, 2.45) is 0 Å². The maximum absolute atomic E-state index is 9.37. The Morgan fingerprint density at radius 3 is 2.74 bits per heavy atom. The van der Waals surface area contributed by atoms with Gasteiger partial charge in [0, 0.05) is 6.04 Å². The molecule has 100 valence electrons. The predicted molar refractivity (Wildman–Crippen MR) is 70.9 cm³/mol. The van der Waals surface area contributed by atoms with Gasteiger partial charge in [-0.2, -0.15) is 5.26 Å². The van der Waals surface area contributed by atoms with E-state index in [1.165, 1.54) is 32.1 Å². The molecule has 0 aromatic heterocycles. The van der Waals surface area contributed by atoms with Gasteiger partial charge in [-0.3, -0.25) is 5.32 Å². The van der Waals surface area contributed by atoms with Crippen molar-refractivity contribution >= 4 is 0 Å². The maximum atomic E-state index is 9.37. The van der Waals surface area contributed by atoms with Gasteiger partial charge in [0.2, 0.25) is 6.79 Å². The fourth-order valence-electron chi connectivity index (χ4n) is 2.81. The summed E-state index contributed by atoms with van der Waals surface area (Å²) >= 11 is 0. The first-order valence-corrected chi connectivity index (χ1v) is 6.92. The van der Waals surface area contributed by atoms with Crippen molar-refractivity contribution in [2.45, 2.75) is 44.2 Å². The Hall–Kier alpha value is -1.73. The molecule has 4 nitrogen and oxygen atoms in total. The molecule has 1 aliphatic carbocycles. The third kappa shape index (κ3) is 2.66. The van der Waals surface area contributed by atoms with E-state index in [4.69, 9.17) is 9.47 Å². The number of nitrogens with one attached hydrogen (secondary N) is 1. The Morgan fingerprint density at radius 2 is 1.95 bits per heavy atom. The lowest BCUT2D eigenvalue weighted by Crippen LogP contribution is -2.33. The van der Waals surface area contributed by atoms with E-state index in [9.17, 15) is 5.26 Å². The largest absolute Gasteiger partial charge is 0.454 e. The minimum Gasteiger partial charge on any atom is -0.454 e. The van der Waals surface area contributed by atoms with E-state index >= 15 is 0 Å². The lowest BCUT2D eigenvalue weighted by molar-refractivity contribution is 0.174. The van der Waals surface area contributed by atoms with Gasteiger partial charge in [0.1, 0.15) is 6.04 Å². The van der Waals surface area contributed by atoms with Crippen molar-refractivity contribution in [2.75, 3.05) is 6.79 Å². The Labute approximate surface area is 113 Å². The van der Waals surface area contributed by atoms with Crippen LogP contribution >= 0.6 is 0 Å². The molecular formula is C15H18N2O2. The number of hydrogen-bond donors (Lipinski definition) is 1. The Morgan fingerprint density at radius 1 is 1.16 bits per heavy atom. The molecule has 1 aromatic rings. The van der Waals surface area contributed by atoms with Crippen LogP contribution in [0.5, 0.6) is 11.5 Å². The highest BCUT2D eigenvalue weighted by molar-refractivity contribution is 5.46. The van der Waals surface area contributed by atoms with E-state index in [-0.39, 0.29) is 12.8 Å². The number of nitriles is 1. The van der Waals surface area contributed by atoms with Crippen LogP contribution in [0, 0.1) is 11.3 Å². The lowest BCUT2D eigenvalue weighted by Gasteiger charge is -2.25. The average molecular weight is 258 g/mol. The molecule has 1 heterocycles. The van der Waals surface area contributed by atoms with Crippen LogP contribution in [0.2, 0.25) is 0 Å². The lowest BCUT2D eigenvalue weighted by atomic mass is 9.94. The van der Waals surface area contributed by atoms with Crippen molar-refractivity contribution in [3.05, 3.63) is 23.8 Å². The number of benzene rings is 1. The molecule has 4 heteroatoms. The van der Waals surface area contributed by atoms with Gasteiger partial charge in [-0.05, 0) is 30.5 Å². The summed E-state index contributed by atoms with van der Waals surface area (Å²) in [6.45, 7) is 0.270. The molecule has 1 unspecified atom stereocenters. The topological polar surface area (TPSA) is 54.3 Å². The number of ether oxygens (including phenoxy) is 2. The quantitative estimate of drug-likeness (QED) is 0.905. The van der Waals surface area contributed by atoms with E-state index in [0.29, 0.717) is 6.04 Å². The zero-order chi connectivity index (χ0) is 13.1. The average Bonchev–Trinajstić information content (AvgIpc) is 2.93. The molecule has 19 heavy (non-hydrogen) atoms. The third-order valence-corrected chi connectivity index (χ3v) is 3.87. The van der Waals surface area contributed by atoms with Gasteiger partial charge in [-0.1, -0.05) is 25.3 Å². The molecule has 1 saturated carbocycles. The predicted octanol–water partition coefficient (Wildman–Crippen LogP) is 2.90. The standard InChI is InChI=1S/C15H18N2O2/c16-9-13(17-12-4-2-1-3-5-12)11-6-7-14-15(8-11)19-10-18-14/h6-8,12-13,17H,1-5,10H2. The molecule has 1 aromatic carbocycles. The van der Waals surface area contributed by atoms with Gasteiger partial charge in [0.15, 0.2) is 11.5 Å². The number of rotatable bonds is 3. The third-order valence-electron chi connectivity index (χ3n) is 3.87. The Balaban J connectivity index is 1.73. The van der Waals surface area contributed by atoms with Gasteiger partial charge in [-0.25, -0.2) is 0 Å². The minimum atomic E-state index is -0.266. The molecular weight excluding hydrogens is 240 g/mol. The number of fused-ring (bicyclic) bond motifs is 1. The maximum Gasteiger partial charge on any atom is 0.231 e. The highest BCUT2D eigenvalue weighted by Gasteiger charge is 2.21. The van der Waals surface area contributed by atoms with E-state index in [1.54, 1.807) is 0 Å². The first kappa shape index (κ1) is 12.3. The zero-order valence-electron chi connectivity index (χ0n) is 10.9. The van der Waals surface area contributed by atoms with Crippen LogP contribution in [-0.4, -0.2) is 12.8 Å². The molecule has 1 fully saturated rings. The molecule has 0 amide bonds. The Bertz CT molecular complexity index is 489. The van der Waals surface area contributed by atoms with Crippen LogP contribution in [-0.2, 0) is 0 Å². The van der Waals surface area contributed by atoms with Crippen molar-refractivity contribution in [1.29, 1.82) is 5.26 Å². The summed E-state index contributed by atoms with van der Waals surface area (Å²) in [5.74, 6) is 1.50. The van der Waals surface area contributed by atoms with Crippen LogP contribution in [0.25, 0.3) is 0 Å². The van der Waals surface area contributed by atoms with E-state index < -0.39 is 0 Å². The van der Waals surface area contributed by atoms with E-state index in [1.807, 2.05) is 18.2 Å². The molecule has 2 aliphatic rings. The summed E-state index contributed by atoms with van der Waals surface area (Å²) in [5.41, 5.74) is 0.956. The fraction of sp³-hybridized carbons (Fsp3) is 0.533. The summed E-state index contributed by atoms with van der Waals surface area (Å²) < 4.78 is 10.7. The second kappa shape index (κ2) is 5.50. The smallest absolute Gasteiger partial charge is 0.231 e. The molecule has 0 spiro atoms. The number of hydrogen-bond acceptors (Lipinski definition) is 4. The summed E-state index contributed by atoms with van der Waals surface area (Å²) in [7, 11) is 0. The van der Waals surface area contributed by atoms with E-state index in [2.05, 4.69) is 11.4 Å². The van der Waals surface area contributed by atoms with Gasteiger partial charge < -0.3 is 9.47 Å². The highest BCUT2D eigenvalue weighted by Crippen LogP contribution is 2.34. The van der Waals surface area contributed by atoms with Gasteiger partial charge in [0.25, 0.3) is 0 Å². The van der Waals surface area contributed by atoms with Crippen LogP contribution < -0.4 is 14.8 Å². The molecule has 1 N–H and O–H groups in total. The van der Waals surface area contributed by atoms with Gasteiger partial charge in [0.05, 0.1) is 6.07 Å². The van der Waals surface area contributed by atoms with Crippen LogP contribution in [0.3, 0.4) is 0 Å². The van der Waals surface area contributed by atoms with Crippen LogP contribution in [0.4, 0.5) is 0 Å². The second-order valence-electron chi connectivity index (χ2n) is 5.18. The molecule has 0 radical (unpaired) electrons. The van der Waals surface area contributed by atoms with E-state index in [0.717, 1.165) is 17.1 Å². The van der Waals surface area contributed by atoms with Gasteiger partial charge >= 0.3 is 0 Å². The summed E-state index contributed by atoms with van der Waals surface area (Å²) in [6.07, 6.45) is 6.18. The molecule has 1 aliphatic heterocycles. The fourth-order valence-corrected chi connectivity index (χ4v) is 2.81. The molecule has 0 bridgehead atoms. The number of nitrogens with zero attached hydrogens (tertiary/aromatic N) is 1. The van der Waals surface area contributed by atoms with Crippen molar-refractivity contribution in [1.82, 2.24) is 5.32 Å². The highest BCUT2D eigenvalue weighted by atomic mass is 16.7. The van der Waals surface area contributed by atoms with Crippen molar-refractivity contribution < 1.29 is 9.47 Å². The molecule has 3 rings (SSSR count). The second-order valence-corrected chi connectivity index (χ2v) is 5.18.